The Balaban J connectivity index is 1.62. The minimum absolute atomic E-state index is 0.0174. The maximum Gasteiger partial charge on any atom is 0.307 e. The van der Waals surface area contributed by atoms with Crippen LogP contribution in [0.2, 0.25) is 0 Å². The summed E-state index contributed by atoms with van der Waals surface area (Å²) in [5.41, 5.74) is 1.83. The minimum Gasteiger partial charge on any atom is -0.481 e. The van der Waals surface area contributed by atoms with E-state index in [4.69, 9.17) is 0 Å². The Bertz CT molecular complexity index is 744. The second-order valence-corrected chi connectivity index (χ2v) is 8.05. The van der Waals surface area contributed by atoms with Gasteiger partial charge >= 0.3 is 5.97 Å². The van der Waals surface area contributed by atoms with Gasteiger partial charge in [-0.15, -0.1) is 0 Å². The zero-order valence-corrected chi connectivity index (χ0v) is 15.0. The Morgan fingerprint density at radius 1 is 1.21 bits per heavy atom. The second-order valence-electron chi connectivity index (χ2n) is 7.14. The summed E-state index contributed by atoms with van der Waals surface area (Å²) >= 11 is 3.45. The van der Waals surface area contributed by atoms with Crippen LogP contribution in [0.3, 0.4) is 0 Å². The number of hydrogen-bond donors (Lipinski definition) is 2. The summed E-state index contributed by atoms with van der Waals surface area (Å²) < 4.78 is 0.973. The molecule has 5 rings (SSSR count). The molecule has 2 bridgehead atoms. The molecule has 1 amide bonds. The Morgan fingerprint density at radius 2 is 1.88 bits per heavy atom. The molecule has 4 aliphatic carbocycles. The van der Waals surface area contributed by atoms with E-state index in [2.05, 4.69) is 27.3 Å². The van der Waals surface area contributed by atoms with Gasteiger partial charge in [-0.2, -0.15) is 0 Å². The number of carboxylic acids is 1. The predicted octanol–water partition coefficient (Wildman–Crippen LogP) is 3.72. The summed E-state index contributed by atoms with van der Waals surface area (Å²) in [5.74, 6) is -0.981. The Labute approximate surface area is 149 Å². The van der Waals surface area contributed by atoms with Gasteiger partial charge in [-0.1, -0.05) is 35.0 Å². The zero-order valence-electron chi connectivity index (χ0n) is 13.4. The molecule has 24 heavy (non-hydrogen) atoms. The van der Waals surface area contributed by atoms with Gasteiger partial charge in [-0.05, 0) is 60.3 Å². The molecule has 0 heterocycles. The molecule has 4 aliphatic rings. The van der Waals surface area contributed by atoms with Crippen molar-refractivity contribution >= 4 is 33.5 Å². The van der Waals surface area contributed by atoms with Crippen LogP contribution in [0, 0.1) is 35.5 Å². The quantitative estimate of drug-likeness (QED) is 0.771. The van der Waals surface area contributed by atoms with Crippen molar-refractivity contribution in [1.29, 1.82) is 0 Å². The molecule has 0 unspecified atom stereocenters. The number of carboxylic acid groups (broad SMARTS) is 1. The van der Waals surface area contributed by atoms with Crippen molar-refractivity contribution in [2.75, 3.05) is 5.32 Å². The van der Waals surface area contributed by atoms with Gasteiger partial charge < -0.3 is 10.4 Å². The number of hydrogen-bond acceptors (Lipinski definition) is 2. The van der Waals surface area contributed by atoms with Crippen LogP contribution in [0.4, 0.5) is 5.69 Å². The van der Waals surface area contributed by atoms with Gasteiger partial charge in [0.2, 0.25) is 5.91 Å². The van der Waals surface area contributed by atoms with Crippen LogP contribution in [0.1, 0.15) is 18.9 Å². The SMILES string of the molecule is CCc1cc(Br)ccc1NC(=O)[C@@H]1[C@H]2C=C[C@@H]([C@@H]3C[C@H]23)[C@H]1C(=O)O. The first kappa shape index (κ1) is 15.9. The fourth-order valence-electron chi connectivity index (χ4n) is 4.76. The predicted molar refractivity (Wildman–Crippen MR) is 94.5 cm³/mol. The number of fused-ring (bicyclic) bond motifs is 1. The number of aliphatic carboxylic acids is 1. The highest BCUT2D eigenvalue weighted by Crippen LogP contribution is 2.63. The van der Waals surface area contributed by atoms with Gasteiger partial charge in [0.25, 0.3) is 0 Å². The number of halogens is 1. The Morgan fingerprint density at radius 3 is 2.50 bits per heavy atom. The fraction of sp³-hybridized carbons (Fsp3) is 0.474. The van der Waals surface area contributed by atoms with E-state index in [0.29, 0.717) is 11.8 Å². The maximum atomic E-state index is 13.0. The smallest absolute Gasteiger partial charge is 0.307 e. The van der Waals surface area contributed by atoms with E-state index in [1.807, 2.05) is 31.2 Å². The second kappa shape index (κ2) is 5.73. The molecule has 126 valence electrons. The lowest BCUT2D eigenvalue weighted by atomic mass is 9.62. The number of benzene rings is 1. The van der Waals surface area contributed by atoms with Crippen molar-refractivity contribution in [1.82, 2.24) is 0 Å². The number of anilines is 1. The van der Waals surface area contributed by atoms with E-state index < -0.39 is 17.8 Å². The van der Waals surface area contributed by atoms with Crippen molar-refractivity contribution in [3.63, 3.8) is 0 Å². The van der Waals surface area contributed by atoms with E-state index >= 15 is 0 Å². The van der Waals surface area contributed by atoms with Gasteiger partial charge in [0.05, 0.1) is 11.8 Å². The van der Waals surface area contributed by atoms with Gasteiger partial charge in [0.15, 0.2) is 0 Å². The molecule has 0 spiro atoms. The molecule has 0 saturated heterocycles. The van der Waals surface area contributed by atoms with Crippen LogP contribution in [0.25, 0.3) is 0 Å². The monoisotopic (exact) mass is 389 g/mol. The highest BCUT2D eigenvalue weighted by atomic mass is 79.9. The topological polar surface area (TPSA) is 66.4 Å². The first-order valence-electron chi connectivity index (χ1n) is 8.51. The van der Waals surface area contributed by atoms with Crippen LogP contribution in [-0.2, 0) is 16.0 Å². The molecule has 0 aliphatic heterocycles. The van der Waals surface area contributed by atoms with Crippen molar-refractivity contribution in [2.45, 2.75) is 19.8 Å². The van der Waals surface area contributed by atoms with Crippen LogP contribution >= 0.6 is 15.9 Å². The molecule has 6 atom stereocenters. The lowest BCUT2D eigenvalue weighted by molar-refractivity contribution is -0.152. The summed E-state index contributed by atoms with van der Waals surface area (Å²) in [4.78, 5) is 24.8. The summed E-state index contributed by atoms with van der Waals surface area (Å²) in [6, 6.07) is 5.77. The lowest BCUT2D eigenvalue weighted by Gasteiger charge is -2.41. The first-order valence-corrected chi connectivity index (χ1v) is 9.31. The largest absolute Gasteiger partial charge is 0.481 e. The van der Waals surface area contributed by atoms with Gasteiger partial charge in [-0.3, -0.25) is 9.59 Å². The summed E-state index contributed by atoms with van der Waals surface area (Å²) in [5, 5.41) is 12.7. The Kier molecular flexibility index (Phi) is 3.79. The number of nitrogens with one attached hydrogen (secondary N) is 1. The molecule has 0 aromatic heterocycles. The third-order valence-corrected chi connectivity index (χ3v) is 6.44. The van der Waals surface area contributed by atoms with Crippen LogP contribution in [0.15, 0.2) is 34.8 Å². The van der Waals surface area contributed by atoms with Gasteiger partial charge in [-0.25, -0.2) is 0 Å². The Hall–Kier alpha value is -1.62. The van der Waals surface area contributed by atoms with Crippen molar-refractivity contribution < 1.29 is 14.7 Å². The number of aryl methyl sites for hydroxylation is 1. The van der Waals surface area contributed by atoms with E-state index in [0.717, 1.165) is 28.6 Å². The number of carbonyl (C=O) groups is 2. The molecule has 5 heteroatoms. The molecule has 0 radical (unpaired) electrons. The van der Waals surface area contributed by atoms with Gasteiger partial charge in [0, 0.05) is 10.2 Å². The van der Waals surface area contributed by atoms with Crippen LogP contribution < -0.4 is 5.32 Å². The number of rotatable bonds is 4. The van der Waals surface area contributed by atoms with E-state index in [9.17, 15) is 14.7 Å². The molecule has 2 fully saturated rings. The average Bonchev–Trinajstić information content (AvgIpc) is 3.37. The molecule has 4 nitrogen and oxygen atoms in total. The normalized spacial score (nSPS) is 35.4. The van der Waals surface area contributed by atoms with E-state index in [-0.39, 0.29) is 17.7 Å². The summed E-state index contributed by atoms with van der Waals surface area (Å²) in [6.45, 7) is 2.04. The van der Waals surface area contributed by atoms with Crippen LogP contribution in [0.5, 0.6) is 0 Å². The number of allylic oxidation sites excluding steroid dienone is 2. The lowest BCUT2D eigenvalue weighted by Crippen LogP contribution is -2.48. The molecule has 1 aromatic carbocycles. The number of carbonyl (C=O) groups excluding carboxylic acids is 1. The van der Waals surface area contributed by atoms with Gasteiger partial charge in [0.1, 0.15) is 0 Å². The van der Waals surface area contributed by atoms with Crippen molar-refractivity contribution in [2.24, 2.45) is 35.5 Å². The third-order valence-electron chi connectivity index (χ3n) is 5.95. The zero-order chi connectivity index (χ0) is 17.0. The van der Waals surface area contributed by atoms with Crippen molar-refractivity contribution in [3.05, 3.63) is 40.4 Å². The number of amides is 1. The summed E-state index contributed by atoms with van der Waals surface area (Å²) in [7, 11) is 0. The van der Waals surface area contributed by atoms with Crippen LogP contribution in [-0.4, -0.2) is 17.0 Å². The van der Waals surface area contributed by atoms with E-state index in [1.165, 1.54) is 0 Å². The fourth-order valence-corrected chi connectivity index (χ4v) is 5.17. The van der Waals surface area contributed by atoms with E-state index in [1.54, 1.807) is 0 Å². The first-order chi connectivity index (χ1) is 11.5. The standard InChI is InChI=1S/C19H20BrNO3/c1-2-9-7-10(20)3-6-15(9)21-18(22)16-11-4-5-12(14-8-13(11)14)17(16)19(23)24/h3-7,11-14,16-17H,2,8H2,1H3,(H,21,22)(H,23,24)/t11-,12-,13+,14-,16+,17+/m0/s1. The molecule has 1 aromatic rings. The molecular weight excluding hydrogens is 370 g/mol. The molecule has 2 N–H and O–H groups in total. The molecular formula is C19H20BrNO3. The summed E-state index contributed by atoms with van der Waals surface area (Å²) in [6.07, 6.45) is 6.00. The van der Waals surface area contributed by atoms with Crippen molar-refractivity contribution in [3.8, 4) is 0 Å². The highest BCUT2D eigenvalue weighted by Gasteiger charge is 2.62. The highest BCUT2D eigenvalue weighted by molar-refractivity contribution is 9.10. The maximum absolute atomic E-state index is 13.0. The third kappa shape index (κ3) is 2.41. The minimum atomic E-state index is -0.841. The average molecular weight is 390 g/mol. The molecule has 2 saturated carbocycles.